The van der Waals surface area contributed by atoms with Crippen LogP contribution in [-0.2, 0) is 21.2 Å². The van der Waals surface area contributed by atoms with Crippen molar-refractivity contribution in [1.29, 1.82) is 0 Å². The van der Waals surface area contributed by atoms with Gasteiger partial charge in [0.25, 0.3) is 0 Å². The lowest BCUT2D eigenvalue weighted by Crippen LogP contribution is -2.46. The van der Waals surface area contributed by atoms with Crippen molar-refractivity contribution in [1.82, 2.24) is 4.90 Å². The standard InChI is InChI=1S/C13H16F3NO2/c1-12(17(2)3,11(18)19-4)9-6-5-7-10(8-9)13(14,15)16/h5-8H,1-4H3. The van der Waals surface area contributed by atoms with Crippen LogP contribution in [0.2, 0.25) is 0 Å². The molecule has 0 radical (unpaired) electrons. The predicted octanol–water partition coefficient (Wildman–Crippen LogP) is 2.66. The van der Waals surface area contributed by atoms with Crippen LogP contribution in [0.25, 0.3) is 0 Å². The Morgan fingerprint density at radius 1 is 1.21 bits per heavy atom. The number of halogens is 3. The average Bonchev–Trinajstić information content (AvgIpc) is 2.35. The van der Waals surface area contributed by atoms with Gasteiger partial charge in [0.1, 0.15) is 5.54 Å². The third kappa shape index (κ3) is 2.89. The van der Waals surface area contributed by atoms with Gasteiger partial charge in [-0.15, -0.1) is 0 Å². The summed E-state index contributed by atoms with van der Waals surface area (Å²) in [5.74, 6) is -0.614. The van der Waals surface area contributed by atoms with E-state index in [1.807, 2.05) is 0 Å². The minimum absolute atomic E-state index is 0.235. The third-order valence-corrected chi connectivity index (χ3v) is 3.23. The lowest BCUT2D eigenvalue weighted by atomic mass is 9.89. The van der Waals surface area contributed by atoms with Gasteiger partial charge in [-0.3, -0.25) is 4.90 Å². The number of carbonyl (C=O) groups is 1. The lowest BCUT2D eigenvalue weighted by Gasteiger charge is -2.34. The summed E-state index contributed by atoms with van der Waals surface area (Å²) in [6.07, 6.45) is -4.45. The van der Waals surface area contributed by atoms with Gasteiger partial charge >= 0.3 is 12.1 Å². The van der Waals surface area contributed by atoms with E-state index in [4.69, 9.17) is 4.74 Å². The largest absolute Gasteiger partial charge is 0.467 e. The van der Waals surface area contributed by atoms with Gasteiger partial charge in [-0.05, 0) is 38.7 Å². The molecule has 0 heterocycles. The Labute approximate surface area is 110 Å². The maximum atomic E-state index is 12.7. The third-order valence-electron chi connectivity index (χ3n) is 3.23. The number of carbonyl (C=O) groups excluding carboxylic acids is 1. The summed E-state index contributed by atoms with van der Waals surface area (Å²) in [5.41, 5.74) is -1.82. The number of alkyl halides is 3. The second kappa shape index (κ2) is 5.21. The minimum atomic E-state index is -4.45. The van der Waals surface area contributed by atoms with E-state index in [1.165, 1.54) is 31.1 Å². The molecular weight excluding hydrogens is 259 g/mol. The molecule has 19 heavy (non-hydrogen) atoms. The first-order chi connectivity index (χ1) is 8.64. The number of benzene rings is 1. The molecule has 3 nitrogen and oxygen atoms in total. The Hall–Kier alpha value is -1.56. The number of likely N-dealkylation sites (N-methyl/N-ethyl adjacent to an activating group) is 1. The topological polar surface area (TPSA) is 29.5 Å². The Kier molecular flexibility index (Phi) is 4.25. The summed E-state index contributed by atoms with van der Waals surface area (Å²) in [5, 5.41) is 0. The van der Waals surface area contributed by atoms with E-state index in [0.717, 1.165) is 12.1 Å². The minimum Gasteiger partial charge on any atom is -0.467 e. The summed E-state index contributed by atoms with van der Waals surface area (Å²) in [6, 6.07) is 4.70. The van der Waals surface area contributed by atoms with Crippen LogP contribution in [0.5, 0.6) is 0 Å². The highest BCUT2D eigenvalue weighted by molar-refractivity contribution is 5.82. The number of esters is 1. The fourth-order valence-electron chi connectivity index (χ4n) is 1.76. The monoisotopic (exact) mass is 275 g/mol. The van der Waals surface area contributed by atoms with Crippen molar-refractivity contribution < 1.29 is 22.7 Å². The Morgan fingerprint density at radius 2 is 1.74 bits per heavy atom. The molecule has 1 aromatic carbocycles. The van der Waals surface area contributed by atoms with Gasteiger partial charge in [0.2, 0.25) is 0 Å². The average molecular weight is 275 g/mol. The first kappa shape index (κ1) is 15.5. The van der Waals surface area contributed by atoms with Crippen LogP contribution in [0.4, 0.5) is 13.2 Å². The summed E-state index contributed by atoms with van der Waals surface area (Å²) < 4.78 is 42.8. The number of ether oxygens (including phenoxy) is 1. The van der Waals surface area contributed by atoms with Crippen LogP contribution in [0, 0.1) is 0 Å². The van der Waals surface area contributed by atoms with Crippen LogP contribution < -0.4 is 0 Å². The molecule has 106 valence electrons. The van der Waals surface area contributed by atoms with E-state index < -0.39 is 23.2 Å². The van der Waals surface area contributed by atoms with Gasteiger partial charge in [-0.2, -0.15) is 13.2 Å². The van der Waals surface area contributed by atoms with E-state index in [1.54, 1.807) is 14.1 Å². The van der Waals surface area contributed by atoms with Crippen molar-refractivity contribution in [2.24, 2.45) is 0 Å². The second-order valence-electron chi connectivity index (χ2n) is 4.54. The Morgan fingerprint density at radius 3 is 2.16 bits per heavy atom. The van der Waals surface area contributed by atoms with Crippen molar-refractivity contribution >= 4 is 5.97 Å². The Bertz CT molecular complexity index is 471. The van der Waals surface area contributed by atoms with Crippen LogP contribution in [0.1, 0.15) is 18.1 Å². The van der Waals surface area contributed by atoms with Crippen molar-refractivity contribution in [3.05, 3.63) is 35.4 Å². The highest BCUT2D eigenvalue weighted by atomic mass is 19.4. The molecule has 0 fully saturated rings. The van der Waals surface area contributed by atoms with Gasteiger partial charge in [0.15, 0.2) is 0 Å². The molecule has 6 heteroatoms. The van der Waals surface area contributed by atoms with Crippen molar-refractivity contribution in [2.45, 2.75) is 18.6 Å². The molecule has 0 spiro atoms. The normalized spacial score (nSPS) is 15.2. The fraction of sp³-hybridized carbons (Fsp3) is 0.462. The number of methoxy groups -OCH3 is 1. The smallest absolute Gasteiger partial charge is 0.416 e. The van der Waals surface area contributed by atoms with E-state index in [0.29, 0.717) is 0 Å². The van der Waals surface area contributed by atoms with E-state index in [9.17, 15) is 18.0 Å². The molecule has 0 aliphatic heterocycles. The molecule has 0 amide bonds. The zero-order valence-electron chi connectivity index (χ0n) is 11.2. The molecule has 1 aromatic rings. The van der Waals surface area contributed by atoms with Crippen molar-refractivity contribution in [3.8, 4) is 0 Å². The van der Waals surface area contributed by atoms with Crippen LogP contribution >= 0.6 is 0 Å². The van der Waals surface area contributed by atoms with Gasteiger partial charge in [0, 0.05) is 0 Å². The fourth-order valence-corrected chi connectivity index (χ4v) is 1.76. The van der Waals surface area contributed by atoms with Gasteiger partial charge in [0.05, 0.1) is 12.7 Å². The maximum absolute atomic E-state index is 12.7. The molecular formula is C13H16F3NO2. The summed E-state index contributed by atoms with van der Waals surface area (Å²) in [4.78, 5) is 13.4. The molecule has 0 saturated heterocycles. The highest BCUT2D eigenvalue weighted by Gasteiger charge is 2.40. The van der Waals surface area contributed by atoms with Crippen LogP contribution in [0.15, 0.2) is 24.3 Å². The molecule has 0 bridgehead atoms. The van der Waals surface area contributed by atoms with E-state index >= 15 is 0 Å². The quantitative estimate of drug-likeness (QED) is 0.794. The number of hydrogen-bond donors (Lipinski definition) is 0. The van der Waals surface area contributed by atoms with E-state index in [-0.39, 0.29) is 5.56 Å². The number of rotatable bonds is 3. The highest BCUT2D eigenvalue weighted by Crippen LogP contribution is 2.34. The molecule has 1 unspecified atom stereocenters. The van der Waals surface area contributed by atoms with Crippen molar-refractivity contribution in [2.75, 3.05) is 21.2 Å². The van der Waals surface area contributed by atoms with E-state index in [2.05, 4.69) is 0 Å². The first-order valence-electron chi connectivity index (χ1n) is 5.57. The molecule has 0 N–H and O–H groups in total. The number of hydrogen-bond acceptors (Lipinski definition) is 3. The molecule has 0 aromatic heterocycles. The number of nitrogens with zero attached hydrogens (tertiary/aromatic N) is 1. The summed E-state index contributed by atoms with van der Waals surface area (Å²) in [6.45, 7) is 1.52. The predicted molar refractivity (Wildman–Crippen MR) is 64.5 cm³/mol. The Balaban J connectivity index is 3.37. The van der Waals surface area contributed by atoms with Gasteiger partial charge < -0.3 is 4.74 Å². The van der Waals surface area contributed by atoms with Crippen LogP contribution in [-0.4, -0.2) is 32.1 Å². The molecule has 0 saturated carbocycles. The zero-order valence-corrected chi connectivity index (χ0v) is 11.2. The zero-order chi connectivity index (χ0) is 14.8. The lowest BCUT2D eigenvalue weighted by molar-refractivity contribution is -0.153. The van der Waals surface area contributed by atoms with Crippen molar-refractivity contribution in [3.63, 3.8) is 0 Å². The summed E-state index contributed by atoms with van der Waals surface area (Å²) in [7, 11) is 4.42. The summed E-state index contributed by atoms with van der Waals surface area (Å²) >= 11 is 0. The van der Waals surface area contributed by atoms with Gasteiger partial charge in [-0.25, -0.2) is 4.79 Å². The SMILES string of the molecule is COC(=O)C(C)(c1cccc(C(F)(F)F)c1)N(C)C. The molecule has 1 rings (SSSR count). The molecule has 1 atom stereocenters. The van der Waals surface area contributed by atoms with Gasteiger partial charge in [-0.1, -0.05) is 12.1 Å². The maximum Gasteiger partial charge on any atom is 0.416 e. The molecule has 0 aliphatic rings. The first-order valence-corrected chi connectivity index (χ1v) is 5.57. The molecule has 0 aliphatic carbocycles. The van der Waals surface area contributed by atoms with Crippen LogP contribution in [0.3, 0.4) is 0 Å². The second-order valence-corrected chi connectivity index (χ2v) is 4.54.